The van der Waals surface area contributed by atoms with E-state index in [1.54, 1.807) is 42.5 Å². The van der Waals surface area contributed by atoms with Gasteiger partial charge in [-0.25, -0.2) is 0 Å². The second-order valence-corrected chi connectivity index (χ2v) is 9.58. The second kappa shape index (κ2) is 11.5. The molecular formula is C33H29NO6. The third kappa shape index (κ3) is 4.94. The molecule has 0 amide bonds. The normalized spacial score (nSPS) is 18.9. The van der Waals surface area contributed by atoms with E-state index in [1.165, 1.54) is 14.2 Å². The van der Waals surface area contributed by atoms with Crippen LogP contribution in [0.2, 0.25) is 0 Å². The van der Waals surface area contributed by atoms with E-state index in [4.69, 9.17) is 14.2 Å². The lowest BCUT2D eigenvalue weighted by molar-refractivity contribution is -0.567. The molecule has 202 valence electrons. The minimum Gasteiger partial charge on any atom is -0.496 e. The predicted octanol–water partition coefficient (Wildman–Crippen LogP) is 6.95. The first-order chi connectivity index (χ1) is 19.5. The molecule has 1 heterocycles. The third-order valence-corrected chi connectivity index (χ3v) is 7.33. The lowest BCUT2D eigenvalue weighted by Crippen LogP contribution is -2.51. The molecule has 4 aromatic rings. The minimum absolute atomic E-state index is 0.0579. The number of hydrogen-bond donors (Lipinski definition) is 0. The zero-order chi connectivity index (χ0) is 28.1. The number of hydrogen-bond acceptors (Lipinski definition) is 6. The average Bonchev–Trinajstić information content (AvgIpc) is 3.00. The summed E-state index contributed by atoms with van der Waals surface area (Å²) in [6.45, 7) is 0. The van der Waals surface area contributed by atoms with Gasteiger partial charge in [-0.05, 0) is 17.2 Å². The minimum atomic E-state index is -1.82. The molecule has 7 nitrogen and oxygen atoms in total. The van der Waals surface area contributed by atoms with Crippen LogP contribution in [0.5, 0.6) is 17.2 Å². The van der Waals surface area contributed by atoms with Gasteiger partial charge in [0.15, 0.2) is 11.5 Å². The van der Waals surface area contributed by atoms with Crippen LogP contribution < -0.4 is 14.2 Å². The van der Waals surface area contributed by atoms with Crippen molar-refractivity contribution in [2.24, 2.45) is 0 Å². The summed E-state index contributed by atoms with van der Waals surface area (Å²) in [6, 6.07) is 30.8. The smallest absolute Gasteiger partial charge is 0.290 e. The molecule has 5 rings (SSSR count). The van der Waals surface area contributed by atoms with Gasteiger partial charge >= 0.3 is 0 Å². The molecule has 1 aliphatic rings. The van der Waals surface area contributed by atoms with Crippen LogP contribution >= 0.6 is 0 Å². The number of ketones is 1. The highest BCUT2D eigenvalue weighted by molar-refractivity contribution is 5.96. The molecule has 0 saturated heterocycles. The maximum absolute atomic E-state index is 13.5. The SMILES string of the molecule is COc1cc(OC)c2c(c1)O/C(=C\c1ccccc1)[C@](CCC(=O)c1ccccc1)([N+](=O)[O-])[C@@H]2c1ccccc1. The van der Waals surface area contributed by atoms with Crippen molar-refractivity contribution in [2.75, 3.05) is 14.2 Å². The Balaban J connectivity index is 1.77. The summed E-state index contributed by atoms with van der Waals surface area (Å²) in [7, 11) is 3.05. The molecule has 0 radical (unpaired) electrons. The van der Waals surface area contributed by atoms with E-state index >= 15 is 0 Å². The number of carbonyl (C=O) groups excluding carboxylic acids is 1. The van der Waals surface area contributed by atoms with E-state index in [9.17, 15) is 14.9 Å². The Labute approximate surface area is 232 Å². The molecule has 1 aliphatic heterocycles. The molecule has 0 spiro atoms. The Bertz CT molecular complexity index is 1540. The molecule has 0 unspecified atom stereocenters. The van der Waals surface area contributed by atoms with Crippen LogP contribution in [0.3, 0.4) is 0 Å². The number of methoxy groups -OCH3 is 2. The molecule has 0 aromatic heterocycles. The Morgan fingerprint density at radius 1 is 0.925 bits per heavy atom. The van der Waals surface area contributed by atoms with E-state index in [2.05, 4.69) is 0 Å². The highest BCUT2D eigenvalue weighted by Crippen LogP contribution is 2.56. The molecular weight excluding hydrogens is 506 g/mol. The number of benzene rings is 4. The van der Waals surface area contributed by atoms with Gasteiger partial charge in [-0.1, -0.05) is 91.0 Å². The van der Waals surface area contributed by atoms with Crippen molar-refractivity contribution in [3.05, 3.63) is 141 Å². The summed E-state index contributed by atoms with van der Waals surface area (Å²) in [5, 5.41) is 13.5. The van der Waals surface area contributed by atoms with E-state index < -0.39 is 11.5 Å². The first-order valence-electron chi connectivity index (χ1n) is 13.0. The molecule has 0 bridgehead atoms. The van der Waals surface area contributed by atoms with E-state index in [0.717, 1.165) is 5.56 Å². The van der Waals surface area contributed by atoms with Crippen LogP contribution in [0.1, 0.15) is 45.8 Å². The van der Waals surface area contributed by atoms with Gasteiger partial charge in [-0.3, -0.25) is 14.9 Å². The lowest BCUT2D eigenvalue weighted by Gasteiger charge is -2.40. The zero-order valence-electron chi connectivity index (χ0n) is 22.3. The molecule has 0 aliphatic carbocycles. The fraction of sp³-hybridized carbons (Fsp3) is 0.182. The number of nitrogens with zero attached hydrogens (tertiary/aromatic N) is 1. The van der Waals surface area contributed by atoms with Gasteiger partial charge in [0.05, 0.1) is 25.7 Å². The molecule has 0 fully saturated rings. The molecule has 4 aromatic carbocycles. The average molecular weight is 536 g/mol. The third-order valence-electron chi connectivity index (χ3n) is 7.33. The van der Waals surface area contributed by atoms with E-state index in [-0.39, 0.29) is 29.3 Å². The van der Waals surface area contributed by atoms with Crippen molar-refractivity contribution in [1.82, 2.24) is 0 Å². The summed E-state index contributed by atoms with van der Waals surface area (Å²) in [6.07, 6.45) is 1.54. The Hall–Kier alpha value is -4.91. The highest BCUT2D eigenvalue weighted by atomic mass is 16.6. The monoisotopic (exact) mass is 535 g/mol. The van der Waals surface area contributed by atoms with Gasteiger partial charge in [0.25, 0.3) is 5.54 Å². The number of nitro groups is 1. The van der Waals surface area contributed by atoms with Crippen molar-refractivity contribution < 1.29 is 23.9 Å². The lowest BCUT2D eigenvalue weighted by atomic mass is 9.69. The van der Waals surface area contributed by atoms with Crippen molar-refractivity contribution in [1.29, 1.82) is 0 Å². The highest BCUT2D eigenvalue weighted by Gasteiger charge is 2.60. The summed E-state index contributed by atoms with van der Waals surface area (Å²) in [4.78, 5) is 26.4. The Morgan fingerprint density at radius 3 is 2.15 bits per heavy atom. The molecule has 2 atom stereocenters. The van der Waals surface area contributed by atoms with Crippen LogP contribution in [0.15, 0.2) is 109 Å². The van der Waals surface area contributed by atoms with Crippen molar-refractivity contribution in [3.63, 3.8) is 0 Å². The van der Waals surface area contributed by atoms with Gasteiger partial charge < -0.3 is 14.2 Å². The largest absolute Gasteiger partial charge is 0.496 e. The van der Waals surface area contributed by atoms with Crippen molar-refractivity contribution >= 4 is 11.9 Å². The summed E-state index contributed by atoms with van der Waals surface area (Å²) in [5.74, 6) is 0.434. The number of Topliss-reactive ketones (excluding diaryl/α,β-unsaturated/α-hetero) is 1. The predicted molar refractivity (Wildman–Crippen MR) is 153 cm³/mol. The van der Waals surface area contributed by atoms with Crippen LogP contribution in [0.4, 0.5) is 0 Å². The van der Waals surface area contributed by atoms with Gasteiger partial charge in [-0.2, -0.15) is 0 Å². The van der Waals surface area contributed by atoms with Crippen molar-refractivity contribution in [2.45, 2.75) is 24.3 Å². The fourth-order valence-electron chi connectivity index (χ4n) is 5.39. The molecule has 0 saturated carbocycles. The van der Waals surface area contributed by atoms with Crippen LogP contribution in [0, 0.1) is 10.1 Å². The summed E-state index contributed by atoms with van der Waals surface area (Å²) in [5.41, 5.74) is 0.659. The quantitative estimate of drug-likeness (QED) is 0.131. The second-order valence-electron chi connectivity index (χ2n) is 9.58. The molecule has 40 heavy (non-hydrogen) atoms. The Morgan fingerprint density at radius 2 is 1.55 bits per heavy atom. The van der Waals surface area contributed by atoms with E-state index in [0.29, 0.717) is 33.9 Å². The standard InChI is InChI=1S/C33H29NO6/c1-38-26-21-28(39-2)31-29(22-26)40-30(20-23-12-6-3-7-13-23)33(34(36)37,32(31)25-16-10-5-11-17-25)19-18-27(35)24-14-8-4-9-15-24/h3-17,20-22,32H,18-19H2,1-2H3/b30-20-/t32-,33+/m1/s1. The summed E-state index contributed by atoms with van der Waals surface area (Å²) < 4.78 is 17.7. The van der Waals surface area contributed by atoms with Crippen LogP contribution in [-0.4, -0.2) is 30.5 Å². The number of fused-ring (bicyclic) bond motifs is 1. The first kappa shape index (κ1) is 26.7. The van der Waals surface area contributed by atoms with Crippen LogP contribution in [-0.2, 0) is 0 Å². The molecule has 7 heteroatoms. The fourth-order valence-corrected chi connectivity index (χ4v) is 5.39. The molecule has 0 N–H and O–H groups in total. The number of ether oxygens (including phenoxy) is 3. The van der Waals surface area contributed by atoms with Gasteiger partial charge in [-0.15, -0.1) is 0 Å². The Kier molecular flexibility index (Phi) is 7.64. The topological polar surface area (TPSA) is 87.9 Å². The van der Waals surface area contributed by atoms with Gasteiger partial charge in [0, 0.05) is 35.5 Å². The maximum atomic E-state index is 13.5. The van der Waals surface area contributed by atoms with E-state index in [1.807, 2.05) is 66.7 Å². The maximum Gasteiger partial charge on any atom is 0.290 e. The number of carbonyl (C=O) groups is 1. The first-order valence-corrected chi connectivity index (χ1v) is 13.0. The van der Waals surface area contributed by atoms with Gasteiger partial charge in [0.2, 0.25) is 0 Å². The number of rotatable bonds is 9. The summed E-state index contributed by atoms with van der Waals surface area (Å²) >= 11 is 0. The van der Waals surface area contributed by atoms with Crippen LogP contribution in [0.25, 0.3) is 6.08 Å². The van der Waals surface area contributed by atoms with Crippen molar-refractivity contribution in [3.8, 4) is 17.2 Å². The zero-order valence-corrected chi connectivity index (χ0v) is 22.3. The van der Waals surface area contributed by atoms with Gasteiger partial charge in [0.1, 0.15) is 17.2 Å².